The standard InChI is InChI=1S/C17H22N4O2S/c18-15(22)11-24-17-20-13-8-4-5-9-14(13)21(17)10-16(23)19-12-6-2-1-3-7-12/h4-5,8-9,12H,1-3,6-7,10-11H2,(H2,18,22)(H,19,23). The highest BCUT2D eigenvalue weighted by molar-refractivity contribution is 7.99. The lowest BCUT2D eigenvalue weighted by Crippen LogP contribution is -2.38. The molecule has 0 spiro atoms. The molecular weight excluding hydrogens is 324 g/mol. The molecule has 1 aliphatic rings. The van der Waals surface area contributed by atoms with Crippen LogP contribution in [0.5, 0.6) is 0 Å². The van der Waals surface area contributed by atoms with E-state index in [2.05, 4.69) is 10.3 Å². The fourth-order valence-corrected chi connectivity index (χ4v) is 3.87. The first-order valence-corrected chi connectivity index (χ1v) is 9.28. The van der Waals surface area contributed by atoms with Crippen LogP contribution < -0.4 is 11.1 Å². The maximum absolute atomic E-state index is 12.5. The molecule has 1 aliphatic carbocycles. The maximum Gasteiger partial charge on any atom is 0.240 e. The van der Waals surface area contributed by atoms with E-state index in [1.54, 1.807) is 0 Å². The molecule has 7 heteroatoms. The van der Waals surface area contributed by atoms with E-state index in [4.69, 9.17) is 5.73 Å². The van der Waals surface area contributed by atoms with Gasteiger partial charge in [-0.15, -0.1) is 0 Å². The first-order chi connectivity index (χ1) is 11.6. The third kappa shape index (κ3) is 4.08. The summed E-state index contributed by atoms with van der Waals surface area (Å²) < 4.78 is 1.86. The molecule has 3 N–H and O–H groups in total. The van der Waals surface area contributed by atoms with E-state index in [1.807, 2.05) is 28.8 Å². The van der Waals surface area contributed by atoms with Crippen molar-refractivity contribution in [3.05, 3.63) is 24.3 Å². The van der Waals surface area contributed by atoms with Gasteiger partial charge in [-0.25, -0.2) is 4.98 Å². The van der Waals surface area contributed by atoms with Crippen LogP contribution in [0.2, 0.25) is 0 Å². The van der Waals surface area contributed by atoms with E-state index in [1.165, 1.54) is 31.0 Å². The Hall–Kier alpha value is -2.02. The SMILES string of the molecule is NC(=O)CSc1nc2ccccc2n1CC(=O)NC1CCCCC1. The average molecular weight is 346 g/mol. The van der Waals surface area contributed by atoms with Crippen molar-refractivity contribution < 1.29 is 9.59 Å². The summed E-state index contributed by atoms with van der Waals surface area (Å²) in [6.45, 7) is 0.206. The Morgan fingerprint density at radius 3 is 2.75 bits per heavy atom. The molecule has 2 aromatic rings. The van der Waals surface area contributed by atoms with Crippen molar-refractivity contribution in [2.24, 2.45) is 5.73 Å². The predicted octanol–water partition coefficient (Wildman–Crippen LogP) is 2.06. The number of thioether (sulfide) groups is 1. The van der Waals surface area contributed by atoms with E-state index >= 15 is 0 Å². The zero-order valence-electron chi connectivity index (χ0n) is 13.5. The van der Waals surface area contributed by atoms with Crippen LogP contribution >= 0.6 is 11.8 Å². The van der Waals surface area contributed by atoms with Gasteiger partial charge in [0.05, 0.1) is 16.8 Å². The summed E-state index contributed by atoms with van der Waals surface area (Å²) in [6.07, 6.45) is 5.73. The zero-order valence-corrected chi connectivity index (χ0v) is 14.3. The minimum absolute atomic E-state index is 0.00835. The van der Waals surface area contributed by atoms with Gasteiger partial charge in [-0.2, -0.15) is 0 Å². The fourth-order valence-electron chi connectivity index (χ4n) is 3.12. The monoisotopic (exact) mass is 346 g/mol. The van der Waals surface area contributed by atoms with Gasteiger partial charge in [-0.05, 0) is 25.0 Å². The summed E-state index contributed by atoms with van der Waals surface area (Å²) in [5.74, 6) is -0.260. The van der Waals surface area contributed by atoms with Crippen LogP contribution in [0.3, 0.4) is 0 Å². The Morgan fingerprint density at radius 2 is 2.00 bits per heavy atom. The van der Waals surface area contributed by atoms with Crippen molar-refractivity contribution in [2.75, 3.05) is 5.75 Å². The number of amides is 2. The third-order valence-electron chi connectivity index (χ3n) is 4.24. The number of rotatable bonds is 6. The molecular formula is C17H22N4O2S. The molecule has 0 aliphatic heterocycles. The fraction of sp³-hybridized carbons (Fsp3) is 0.471. The van der Waals surface area contributed by atoms with Gasteiger partial charge < -0.3 is 15.6 Å². The second-order valence-corrected chi connectivity index (χ2v) is 7.07. The highest BCUT2D eigenvalue weighted by atomic mass is 32.2. The summed E-state index contributed by atoms with van der Waals surface area (Å²) >= 11 is 1.27. The summed E-state index contributed by atoms with van der Waals surface area (Å²) in [7, 11) is 0. The minimum atomic E-state index is -0.398. The van der Waals surface area contributed by atoms with Crippen LogP contribution in [0.4, 0.5) is 0 Å². The molecule has 128 valence electrons. The number of primary amides is 1. The second kappa shape index (κ2) is 7.70. The molecule has 1 aromatic heterocycles. The van der Waals surface area contributed by atoms with Crippen molar-refractivity contribution in [1.29, 1.82) is 0 Å². The summed E-state index contributed by atoms with van der Waals surface area (Å²) in [5, 5.41) is 3.77. The molecule has 1 fully saturated rings. The van der Waals surface area contributed by atoms with Crippen LogP contribution in [-0.4, -0.2) is 33.2 Å². The molecule has 1 saturated carbocycles. The normalized spacial score (nSPS) is 15.5. The number of nitrogens with two attached hydrogens (primary N) is 1. The van der Waals surface area contributed by atoms with E-state index in [0.29, 0.717) is 5.16 Å². The first-order valence-electron chi connectivity index (χ1n) is 8.29. The van der Waals surface area contributed by atoms with E-state index < -0.39 is 5.91 Å². The molecule has 0 radical (unpaired) electrons. The molecule has 1 heterocycles. The van der Waals surface area contributed by atoms with E-state index in [9.17, 15) is 9.59 Å². The number of hydrogen-bond acceptors (Lipinski definition) is 4. The molecule has 3 rings (SSSR count). The van der Waals surface area contributed by atoms with Gasteiger partial charge in [0, 0.05) is 6.04 Å². The Bertz CT molecular complexity index is 737. The van der Waals surface area contributed by atoms with Crippen molar-refractivity contribution >= 4 is 34.6 Å². The summed E-state index contributed by atoms with van der Waals surface area (Å²) in [6, 6.07) is 7.94. The number of nitrogens with zero attached hydrogens (tertiary/aromatic N) is 2. The first kappa shape index (κ1) is 16.8. The van der Waals surface area contributed by atoms with Crippen molar-refractivity contribution in [3.63, 3.8) is 0 Å². The van der Waals surface area contributed by atoms with Crippen LogP contribution in [-0.2, 0) is 16.1 Å². The number of carbonyl (C=O) groups is 2. The quantitative estimate of drug-likeness (QED) is 0.784. The molecule has 0 bridgehead atoms. The number of para-hydroxylation sites is 2. The molecule has 0 atom stereocenters. The number of fused-ring (bicyclic) bond motifs is 1. The number of aromatic nitrogens is 2. The zero-order chi connectivity index (χ0) is 16.9. The number of carbonyl (C=O) groups excluding carboxylic acids is 2. The van der Waals surface area contributed by atoms with Crippen LogP contribution in [0, 0.1) is 0 Å². The average Bonchev–Trinajstić information content (AvgIpc) is 2.91. The smallest absolute Gasteiger partial charge is 0.240 e. The molecule has 0 unspecified atom stereocenters. The van der Waals surface area contributed by atoms with Gasteiger partial charge in [0.25, 0.3) is 0 Å². The van der Waals surface area contributed by atoms with E-state index in [0.717, 1.165) is 23.9 Å². The highest BCUT2D eigenvalue weighted by Crippen LogP contribution is 2.24. The second-order valence-electron chi connectivity index (χ2n) is 6.13. The van der Waals surface area contributed by atoms with Gasteiger partial charge in [0.1, 0.15) is 6.54 Å². The number of hydrogen-bond donors (Lipinski definition) is 2. The Morgan fingerprint density at radius 1 is 1.25 bits per heavy atom. The Labute approximate surface area is 145 Å². The minimum Gasteiger partial charge on any atom is -0.369 e. The summed E-state index contributed by atoms with van der Waals surface area (Å²) in [4.78, 5) is 28.0. The van der Waals surface area contributed by atoms with Gasteiger partial charge >= 0.3 is 0 Å². The maximum atomic E-state index is 12.5. The highest BCUT2D eigenvalue weighted by Gasteiger charge is 2.18. The predicted molar refractivity (Wildman–Crippen MR) is 94.7 cm³/mol. The van der Waals surface area contributed by atoms with Crippen molar-refractivity contribution in [2.45, 2.75) is 49.8 Å². The Balaban J connectivity index is 1.76. The van der Waals surface area contributed by atoms with Crippen LogP contribution in [0.1, 0.15) is 32.1 Å². The van der Waals surface area contributed by atoms with Crippen LogP contribution in [0.15, 0.2) is 29.4 Å². The number of nitrogens with one attached hydrogen (secondary N) is 1. The summed E-state index contributed by atoms with van der Waals surface area (Å²) in [5.41, 5.74) is 6.94. The number of imidazole rings is 1. The Kier molecular flexibility index (Phi) is 5.40. The lowest BCUT2D eigenvalue weighted by molar-refractivity contribution is -0.122. The molecule has 1 aromatic carbocycles. The van der Waals surface area contributed by atoms with Crippen LogP contribution in [0.25, 0.3) is 11.0 Å². The molecule has 6 nitrogen and oxygen atoms in total. The lowest BCUT2D eigenvalue weighted by atomic mass is 9.95. The molecule has 24 heavy (non-hydrogen) atoms. The van der Waals surface area contributed by atoms with Gasteiger partial charge in [0.15, 0.2) is 5.16 Å². The molecule has 2 amide bonds. The lowest BCUT2D eigenvalue weighted by Gasteiger charge is -2.23. The van der Waals surface area contributed by atoms with Gasteiger partial charge in [0.2, 0.25) is 11.8 Å². The largest absolute Gasteiger partial charge is 0.369 e. The van der Waals surface area contributed by atoms with Gasteiger partial charge in [-0.3, -0.25) is 9.59 Å². The van der Waals surface area contributed by atoms with E-state index in [-0.39, 0.29) is 24.2 Å². The number of benzene rings is 1. The topological polar surface area (TPSA) is 90.0 Å². The van der Waals surface area contributed by atoms with Crippen molar-refractivity contribution in [1.82, 2.24) is 14.9 Å². The van der Waals surface area contributed by atoms with Gasteiger partial charge in [-0.1, -0.05) is 43.2 Å². The van der Waals surface area contributed by atoms with Crippen molar-refractivity contribution in [3.8, 4) is 0 Å². The third-order valence-corrected chi connectivity index (χ3v) is 5.23. The molecule has 0 saturated heterocycles.